The first kappa shape index (κ1) is 18.9. The summed E-state index contributed by atoms with van der Waals surface area (Å²) in [6.07, 6.45) is 6.57. The first-order valence-corrected chi connectivity index (χ1v) is 9.99. The average Bonchev–Trinajstić information content (AvgIpc) is 3.26. The van der Waals surface area contributed by atoms with E-state index < -0.39 is 0 Å². The summed E-state index contributed by atoms with van der Waals surface area (Å²) in [6.45, 7) is 2.65. The van der Waals surface area contributed by atoms with Gasteiger partial charge in [-0.1, -0.05) is 55.8 Å². The SMILES string of the molecule is CCCCc1ccccc1C(=O)NCc1ccc(-c2ncnc3[nH]ccc23)cc1. The molecule has 146 valence electrons. The Morgan fingerprint density at radius 3 is 2.69 bits per heavy atom. The molecule has 0 saturated carbocycles. The Hall–Kier alpha value is -3.47. The molecule has 0 aliphatic carbocycles. The zero-order valence-corrected chi connectivity index (χ0v) is 16.5. The molecule has 0 saturated heterocycles. The Labute approximate surface area is 170 Å². The van der Waals surface area contributed by atoms with Gasteiger partial charge in [-0.2, -0.15) is 0 Å². The van der Waals surface area contributed by atoms with Gasteiger partial charge in [-0.15, -0.1) is 0 Å². The van der Waals surface area contributed by atoms with Crippen molar-refractivity contribution in [2.45, 2.75) is 32.7 Å². The van der Waals surface area contributed by atoms with Crippen molar-refractivity contribution in [1.29, 1.82) is 0 Å². The number of carbonyl (C=O) groups excluding carboxylic acids is 1. The lowest BCUT2D eigenvalue weighted by molar-refractivity contribution is 0.0950. The number of H-pyrrole nitrogens is 1. The number of nitrogens with one attached hydrogen (secondary N) is 2. The number of amides is 1. The third-order valence-electron chi connectivity index (χ3n) is 5.10. The summed E-state index contributed by atoms with van der Waals surface area (Å²) in [4.78, 5) is 24.4. The number of aromatic nitrogens is 3. The summed E-state index contributed by atoms with van der Waals surface area (Å²) in [5, 5.41) is 4.04. The Kier molecular flexibility index (Phi) is 5.66. The molecule has 29 heavy (non-hydrogen) atoms. The number of fused-ring (bicyclic) bond motifs is 1. The zero-order valence-electron chi connectivity index (χ0n) is 16.5. The number of carbonyl (C=O) groups is 1. The van der Waals surface area contributed by atoms with Crippen molar-refractivity contribution >= 4 is 16.9 Å². The minimum Gasteiger partial charge on any atom is -0.348 e. The van der Waals surface area contributed by atoms with E-state index in [1.165, 1.54) is 0 Å². The van der Waals surface area contributed by atoms with Gasteiger partial charge in [-0.25, -0.2) is 9.97 Å². The molecule has 0 atom stereocenters. The van der Waals surface area contributed by atoms with Gasteiger partial charge in [0.1, 0.15) is 12.0 Å². The normalized spacial score (nSPS) is 10.9. The fourth-order valence-electron chi connectivity index (χ4n) is 3.49. The molecule has 0 unspecified atom stereocenters. The lowest BCUT2D eigenvalue weighted by Crippen LogP contribution is -2.24. The van der Waals surface area contributed by atoms with Gasteiger partial charge < -0.3 is 10.3 Å². The van der Waals surface area contributed by atoms with Crippen LogP contribution >= 0.6 is 0 Å². The second-order valence-corrected chi connectivity index (χ2v) is 7.10. The molecule has 0 spiro atoms. The minimum atomic E-state index is -0.0226. The molecule has 0 fully saturated rings. The Morgan fingerprint density at radius 1 is 1.03 bits per heavy atom. The van der Waals surface area contributed by atoms with E-state index in [-0.39, 0.29) is 5.91 Å². The number of benzene rings is 2. The maximum Gasteiger partial charge on any atom is 0.251 e. The van der Waals surface area contributed by atoms with Gasteiger partial charge in [0.25, 0.3) is 5.91 Å². The summed E-state index contributed by atoms with van der Waals surface area (Å²) in [7, 11) is 0. The molecule has 1 amide bonds. The van der Waals surface area contributed by atoms with E-state index in [1.807, 2.05) is 60.8 Å². The number of aromatic amines is 1. The van der Waals surface area contributed by atoms with Crippen LogP contribution in [0.25, 0.3) is 22.3 Å². The van der Waals surface area contributed by atoms with E-state index in [0.717, 1.165) is 58.2 Å². The quantitative estimate of drug-likeness (QED) is 0.476. The first-order chi connectivity index (χ1) is 14.3. The van der Waals surface area contributed by atoms with Crippen molar-refractivity contribution in [3.05, 3.63) is 83.8 Å². The lowest BCUT2D eigenvalue weighted by atomic mass is 10.0. The largest absolute Gasteiger partial charge is 0.348 e. The number of hydrogen-bond acceptors (Lipinski definition) is 3. The second kappa shape index (κ2) is 8.69. The van der Waals surface area contributed by atoms with Gasteiger partial charge in [0.05, 0.1) is 5.69 Å². The number of aryl methyl sites for hydroxylation is 1. The predicted octanol–water partition coefficient (Wildman–Crippen LogP) is 4.90. The second-order valence-electron chi connectivity index (χ2n) is 7.10. The van der Waals surface area contributed by atoms with Crippen LogP contribution in [0.5, 0.6) is 0 Å². The lowest BCUT2D eigenvalue weighted by Gasteiger charge is -2.10. The average molecular weight is 384 g/mol. The minimum absolute atomic E-state index is 0.0226. The van der Waals surface area contributed by atoms with Crippen LogP contribution in [0.2, 0.25) is 0 Å². The molecule has 5 nitrogen and oxygen atoms in total. The Morgan fingerprint density at radius 2 is 1.86 bits per heavy atom. The molecular weight excluding hydrogens is 360 g/mol. The van der Waals surface area contributed by atoms with E-state index in [4.69, 9.17) is 0 Å². The van der Waals surface area contributed by atoms with E-state index >= 15 is 0 Å². The van der Waals surface area contributed by atoms with Crippen LogP contribution < -0.4 is 5.32 Å². The number of unbranched alkanes of at least 4 members (excludes halogenated alkanes) is 1. The summed E-state index contributed by atoms with van der Waals surface area (Å²) in [6, 6.07) is 18.0. The first-order valence-electron chi connectivity index (χ1n) is 9.99. The van der Waals surface area contributed by atoms with Crippen molar-refractivity contribution in [3.8, 4) is 11.3 Å². The Balaban J connectivity index is 1.45. The molecule has 2 heterocycles. The highest BCUT2D eigenvalue weighted by atomic mass is 16.1. The third kappa shape index (κ3) is 4.19. The van der Waals surface area contributed by atoms with Crippen LogP contribution in [-0.4, -0.2) is 20.9 Å². The van der Waals surface area contributed by atoms with Gasteiger partial charge in [-0.3, -0.25) is 4.79 Å². The van der Waals surface area contributed by atoms with E-state index in [9.17, 15) is 4.79 Å². The number of rotatable bonds is 7. The van der Waals surface area contributed by atoms with Crippen molar-refractivity contribution in [3.63, 3.8) is 0 Å². The maximum atomic E-state index is 12.7. The van der Waals surface area contributed by atoms with E-state index in [2.05, 4.69) is 27.2 Å². The highest BCUT2D eigenvalue weighted by Crippen LogP contribution is 2.24. The molecular formula is C24H24N4O. The van der Waals surface area contributed by atoms with Crippen LogP contribution in [0, 0.1) is 0 Å². The Bertz CT molecular complexity index is 1120. The van der Waals surface area contributed by atoms with Gasteiger partial charge in [-0.05, 0) is 36.1 Å². The summed E-state index contributed by atoms with van der Waals surface area (Å²) in [5.74, 6) is -0.0226. The van der Waals surface area contributed by atoms with Crippen molar-refractivity contribution in [1.82, 2.24) is 20.3 Å². The molecule has 4 rings (SSSR count). The molecule has 2 aromatic carbocycles. The molecule has 2 N–H and O–H groups in total. The number of hydrogen-bond donors (Lipinski definition) is 2. The van der Waals surface area contributed by atoms with Crippen LogP contribution in [0.4, 0.5) is 0 Å². The van der Waals surface area contributed by atoms with Crippen LogP contribution in [-0.2, 0) is 13.0 Å². The third-order valence-corrected chi connectivity index (χ3v) is 5.10. The topological polar surface area (TPSA) is 70.7 Å². The fraction of sp³-hybridized carbons (Fsp3) is 0.208. The van der Waals surface area contributed by atoms with Gasteiger partial charge >= 0.3 is 0 Å². The number of nitrogens with zero attached hydrogens (tertiary/aromatic N) is 2. The summed E-state index contributed by atoms with van der Waals surface area (Å²) in [5.41, 5.74) is 5.68. The van der Waals surface area contributed by atoms with Crippen molar-refractivity contribution < 1.29 is 4.79 Å². The van der Waals surface area contributed by atoms with Gasteiger partial charge in [0, 0.05) is 29.3 Å². The van der Waals surface area contributed by atoms with Crippen LogP contribution in [0.15, 0.2) is 67.1 Å². The molecule has 0 radical (unpaired) electrons. The molecule has 5 heteroatoms. The standard InChI is InChI=1S/C24H24N4O/c1-2-3-6-18-7-4-5-8-20(18)24(29)26-15-17-9-11-19(12-10-17)22-21-13-14-25-23(21)28-16-27-22/h4-5,7-14,16H,2-3,6,15H2,1H3,(H,26,29)(H,25,27,28). The fourth-order valence-corrected chi connectivity index (χ4v) is 3.49. The summed E-state index contributed by atoms with van der Waals surface area (Å²) < 4.78 is 0. The van der Waals surface area contributed by atoms with Gasteiger partial charge in [0.2, 0.25) is 0 Å². The zero-order chi connectivity index (χ0) is 20.1. The van der Waals surface area contributed by atoms with Crippen molar-refractivity contribution in [2.75, 3.05) is 0 Å². The van der Waals surface area contributed by atoms with E-state index in [0.29, 0.717) is 6.54 Å². The van der Waals surface area contributed by atoms with Gasteiger partial charge in [0.15, 0.2) is 0 Å². The maximum absolute atomic E-state index is 12.7. The highest BCUT2D eigenvalue weighted by Gasteiger charge is 2.11. The predicted molar refractivity (Wildman–Crippen MR) is 116 cm³/mol. The smallest absolute Gasteiger partial charge is 0.251 e. The molecule has 2 aromatic heterocycles. The van der Waals surface area contributed by atoms with Crippen LogP contribution in [0.3, 0.4) is 0 Å². The van der Waals surface area contributed by atoms with Crippen molar-refractivity contribution in [2.24, 2.45) is 0 Å². The molecule has 4 aromatic rings. The molecule has 0 bridgehead atoms. The molecule has 0 aliphatic rings. The van der Waals surface area contributed by atoms with E-state index in [1.54, 1.807) is 6.33 Å². The molecule has 0 aliphatic heterocycles. The highest BCUT2D eigenvalue weighted by molar-refractivity contribution is 5.95. The monoisotopic (exact) mass is 384 g/mol. The van der Waals surface area contributed by atoms with Crippen LogP contribution in [0.1, 0.15) is 41.3 Å². The summed E-state index contributed by atoms with van der Waals surface area (Å²) >= 11 is 0.